The number of hydrogen-bond donors (Lipinski definition) is 1. The molecule has 0 saturated heterocycles. The topological polar surface area (TPSA) is 59.1 Å². The number of thioether (sulfide) groups is 1. The van der Waals surface area contributed by atoms with Gasteiger partial charge in [-0.1, -0.05) is 42.1 Å². The molecule has 19 heavy (non-hydrogen) atoms. The summed E-state index contributed by atoms with van der Waals surface area (Å²) in [5, 5.41) is 2.88. The van der Waals surface area contributed by atoms with Crippen LogP contribution in [0.15, 0.2) is 42.6 Å². The van der Waals surface area contributed by atoms with Crippen LogP contribution < -0.4 is 5.32 Å². The van der Waals surface area contributed by atoms with Crippen molar-refractivity contribution in [1.29, 1.82) is 0 Å². The highest BCUT2D eigenvalue weighted by atomic mass is 35.5. The second-order valence-corrected chi connectivity index (χ2v) is 4.82. The molecule has 0 saturated carbocycles. The summed E-state index contributed by atoms with van der Waals surface area (Å²) in [5.41, 5.74) is 0.488. The Bertz CT molecular complexity index is 512. The Labute approximate surface area is 120 Å². The number of pyridine rings is 1. The van der Waals surface area contributed by atoms with Gasteiger partial charge in [-0.2, -0.15) is 0 Å². The molecule has 1 rings (SSSR count). The molecular weight excluding hydrogens is 284 g/mol. The van der Waals surface area contributed by atoms with Gasteiger partial charge in [-0.15, -0.1) is 0 Å². The Morgan fingerprint density at radius 3 is 2.79 bits per heavy atom. The number of nitrogens with zero attached hydrogens (tertiary/aromatic N) is 1. The van der Waals surface area contributed by atoms with E-state index in [1.807, 2.05) is 0 Å². The normalized spacial score (nSPS) is 10.9. The lowest BCUT2D eigenvalue weighted by molar-refractivity contribution is -0.114. The summed E-state index contributed by atoms with van der Waals surface area (Å²) >= 11 is 6.60. The molecule has 0 radical (unpaired) electrons. The molecule has 0 aliphatic rings. The molecule has 0 aliphatic carbocycles. The van der Waals surface area contributed by atoms with Crippen molar-refractivity contribution in [3.63, 3.8) is 0 Å². The highest BCUT2D eigenvalue weighted by Crippen LogP contribution is 2.13. The third-order valence-corrected chi connectivity index (χ3v) is 3.22. The zero-order chi connectivity index (χ0) is 14.3. The van der Waals surface area contributed by atoms with Crippen LogP contribution in [0.25, 0.3) is 0 Å². The molecule has 1 aromatic rings. The number of hydrogen-bond acceptors (Lipinski definition) is 4. The lowest BCUT2D eigenvalue weighted by Crippen LogP contribution is -2.16. The monoisotopic (exact) mass is 296 g/mol. The van der Waals surface area contributed by atoms with E-state index in [2.05, 4.69) is 16.9 Å². The lowest BCUT2D eigenvalue weighted by Gasteiger charge is -2.04. The van der Waals surface area contributed by atoms with Gasteiger partial charge in [0, 0.05) is 11.8 Å². The molecule has 0 bridgehead atoms. The molecule has 1 heterocycles. The predicted octanol–water partition coefficient (Wildman–Crippen LogP) is 3.07. The van der Waals surface area contributed by atoms with Crippen LogP contribution in [0.5, 0.6) is 0 Å². The summed E-state index contributed by atoms with van der Waals surface area (Å²) in [7, 11) is 0. The summed E-state index contributed by atoms with van der Waals surface area (Å²) < 4.78 is 0. The van der Waals surface area contributed by atoms with E-state index >= 15 is 0 Å². The second kappa shape index (κ2) is 7.76. The van der Waals surface area contributed by atoms with Gasteiger partial charge in [-0.3, -0.25) is 9.59 Å². The van der Waals surface area contributed by atoms with E-state index in [9.17, 15) is 9.59 Å². The van der Waals surface area contributed by atoms with Crippen molar-refractivity contribution in [2.75, 3.05) is 11.1 Å². The van der Waals surface area contributed by atoms with Crippen LogP contribution in [0.3, 0.4) is 0 Å². The molecule has 1 amide bonds. The second-order valence-electron chi connectivity index (χ2n) is 3.43. The van der Waals surface area contributed by atoms with Gasteiger partial charge in [-0.25, -0.2) is 4.98 Å². The third kappa shape index (κ3) is 5.28. The Hall–Kier alpha value is -1.59. The maximum Gasteiger partial charge on any atom is 0.236 e. The van der Waals surface area contributed by atoms with Crippen LogP contribution in [0, 0.1) is 0 Å². The number of amides is 1. The van der Waals surface area contributed by atoms with Gasteiger partial charge in [0.1, 0.15) is 5.82 Å². The quantitative estimate of drug-likeness (QED) is 0.670. The number of anilines is 1. The van der Waals surface area contributed by atoms with E-state index in [4.69, 9.17) is 11.6 Å². The van der Waals surface area contributed by atoms with Gasteiger partial charge in [0.25, 0.3) is 0 Å². The maximum absolute atomic E-state index is 11.6. The predicted molar refractivity (Wildman–Crippen MR) is 79.3 cm³/mol. The third-order valence-electron chi connectivity index (χ3n) is 2.10. The minimum Gasteiger partial charge on any atom is -0.310 e. The molecule has 0 fully saturated rings. The molecule has 1 N–H and O–H groups in total. The fourth-order valence-electron chi connectivity index (χ4n) is 1.16. The van der Waals surface area contributed by atoms with E-state index in [1.165, 1.54) is 12.3 Å². The van der Waals surface area contributed by atoms with Crippen molar-refractivity contribution >= 4 is 40.2 Å². The zero-order valence-electron chi connectivity index (χ0n) is 10.4. The minimum absolute atomic E-state index is 0.0221. The smallest absolute Gasteiger partial charge is 0.236 e. The number of halogens is 1. The average Bonchev–Trinajstić information content (AvgIpc) is 2.40. The van der Waals surface area contributed by atoms with Crippen LogP contribution in [-0.2, 0) is 9.59 Å². The van der Waals surface area contributed by atoms with Gasteiger partial charge >= 0.3 is 0 Å². The number of nitrogens with one attached hydrogen (secondary N) is 1. The van der Waals surface area contributed by atoms with Crippen molar-refractivity contribution in [3.8, 4) is 0 Å². The molecule has 0 aromatic carbocycles. The van der Waals surface area contributed by atoms with E-state index in [1.54, 1.807) is 25.1 Å². The molecule has 0 atom stereocenters. The number of carbonyl (C=O) groups excluding carboxylic acids is 2. The van der Waals surface area contributed by atoms with E-state index in [-0.39, 0.29) is 16.8 Å². The van der Waals surface area contributed by atoms with E-state index in [0.717, 1.165) is 11.8 Å². The fourth-order valence-corrected chi connectivity index (χ4v) is 1.98. The highest BCUT2D eigenvalue weighted by molar-refractivity contribution is 8.14. The van der Waals surface area contributed by atoms with Gasteiger partial charge in [-0.05, 0) is 19.1 Å². The summed E-state index contributed by atoms with van der Waals surface area (Å²) in [6, 6.07) is 3.21. The van der Waals surface area contributed by atoms with Crippen molar-refractivity contribution in [2.45, 2.75) is 6.92 Å². The first kappa shape index (κ1) is 15.5. The molecule has 4 nitrogen and oxygen atoms in total. The van der Waals surface area contributed by atoms with Crippen molar-refractivity contribution in [1.82, 2.24) is 4.98 Å². The van der Waals surface area contributed by atoms with Gasteiger partial charge in [0.05, 0.1) is 10.8 Å². The molecule has 0 unspecified atom stereocenters. The molecule has 6 heteroatoms. The Balaban J connectivity index is 2.46. The Morgan fingerprint density at radius 1 is 1.53 bits per heavy atom. The first-order valence-electron chi connectivity index (χ1n) is 5.44. The van der Waals surface area contributed by atoms with Gasteiger partial charge < -0.3 is 5.32 Å². The van der Waals surface area contributed by atoms with Crippen molar-refractivity contribution in [3.05, 3.63) is 47.7 Å². The number of carbonyl (C=O) groups is 2. The maximum atomic E-state index is 11.6. The number of rotatable bonds is 5. The highest BCUT2D eigenvalue weighted by Gasteiger charge is 2.10. The summed E-state index contributed by atoms with van der Waals surface area (Å²) in [5.74, 6) is 0.124. The molecule has 0 spiro atoms. The van der Waals surface area contributed by atoms with E-state index in [0.29, 0.717) is 16.4 Å². The largest absolute Gasteiger partial charge is 0.310 e. The first-order valence-corrected chi connectivity index (χ1v) is 6.80. The molecule has 1 aromatic heterocycles. The number of aromatic nitrogens is 1. The SMILES string of the molecule is C=CC(=CC)C(=O)SCC(=O)Nc1ccc(Cl)cn1. The standard InChI is InChI=1S/C13H13ClN2O2S/c1-3-9(4-2)13(18)19-8-12(17)16-11-6-5-10(14)7-15-11/h3-7H,1,8H2,2H3,(H,15,16,17). The minimum atomic E-state index is -0.298. The van der Waals surface area contributed by atoms with Crippen molar-refractivity contribution in [2.24, 2.45) is 0 Å². The average molecular weight is 297 g/mol. The zero-order valence-corrected chi connectivity index (χ0v) is 11.9. The van der Waals surface area contributed by atoms with Crippen molar-refractivity contribution < 1.29 is 9.59 Å². The number of allylic oxidation sites excluding steroid dienone is 2. The molecule has 100 valence electrons. The van der Waals surface area contributed by atoms with E-state index < -0.39 is 0 Å². The Morgan fingerprint density at radius 2 is 2.26 bits per heavy atom. The summed E-state index contributed by atoms with van der Waals surface area (Å²) in [6.45, 7) is 5.27. The Kier molecular flexibility index (Phi) is 6.32. The van der Waals surface area contributed by atoms with Crippen LogP contribution >= 0.6 is 23.4 Å². The van der Waals surface area contributed by atoms with Crippen LogP contribution in [0.1, 0.15) is 6.92 Å². The van der Waals surface area contributed by atoms with Crippen LogP contribution in [-0.4, -0.2) is 21.8 Å². The molecular formula is C13H13ClN2O2S. The molecule has 0 aliphatic heterocycles. The van der Waals surface area contributed by atoms with Gasteiger partial charge in [0.2, 0.25) is 11.0 Å². The lowest BCUT2D eigenvalue weighted by atomic mass is 10.3. The first-order chi connectivity index (χ1) is 9.06. The van der Waals surface area contributed by atoms with Crippen LogP contribution in [0.4, 0.5) is 5.82 Å². The summed E-state index contributed by atoms with van der Waals surface area (Å²) in [6.07, 6.45) is 4.56. The van der Waals surface area contributed by atoms with Gasteiger partial charge in [0.15, 0.2) is 0 Å². The van der Waals surface area contributed by atoms with Crippen LogP contribution in [0.2, 0.25) is 5.02 Å². The summed E-state index contributed by atoms with van der Waals surface area (Å²) in [4.78, 5) is 27.1. The fraction of sp³-hybridized carbons (Fsp3) is 0.154.